The molecule has 0 amide bonds. The molecule has 0 bridgehead atoms. The van der Waals surface area contributed by atoms with Crippen LogP contribution in [0.1, 0.15) is 24.8 Å². The molecule has 0 radical (unpaired) electrons. The molecule has 66 valence electrons. The lowest BCUT2D eigenvalue weighted by molar-refractivity contribution is 0.625. The molecule has 0 nitrogen and oxygen atoms in total. The van der Waals surface area contributed by atoms with Gasteiger partial charge in [0.1, 0.15) is 5.82 Å². The zero-order valence-corrected chi connectivity index (χ0v) is 8.02. The Morgan fingerprint density at radius 1 is 1.33 bits per heavy atom. The van der Waals surface area contributed by atoms with Gasteiger partial charge in [-0.25, -0.2) is 4.39 Å². The van der Waals surface area contributed by atoms with Crippen molar-refractivity contribution in [1.82, 2.24) is 0 Å². The van der Waals surface area contributed by atoms with Crippen LogP contribution in [-0.4, -0.2) is 5.75 Å². The molecule has 1 atom stereocenters. The lowest BCUT2D eigenvalue weighted by Crippen LogP contribution is -1.98. The Hall–Kier alpha value is -0.500. The lowest BCUT2D eigenvalue weighted by Gasteiger charge is -2.11. The van der Waals surface area contributed by atoms with Crippen LogP contribution in [-0.2, 0) is 0 Å². The van der Waals surface area contributed by atoms with Gasteiger partial charge in [-0.1, -0.05) is 19.1 Å². The quantitative estimate of drug-likeness (QED) is 0.685. The van der Waals surface area contributed by atoms with E-state index in [1.54, 1.807) is 0 Å². The summed E-state index contributed by atoms with van der Waals surface area (Å²) in [5.74, 6) is 1.10. The molecule has 1 aromatic rings. The molecule has 0 saturated carbocycles. The first-order chi connectivity index (χ1) is 5.77. The van der Waals surface area contributed by atoms with Gasteiger partial charge >= 0.3 is 0 Å². The van der Waals surface area contributed by atoms with Crippen molar-refractivity contribution in [3.63, 3.8) is 0 Å². The third kappa shape index (κ3) is 2.24. The molecule has 0 heterocycles. The normalized spacial score (nSPS) is 12.9. The monoisotopic (exact) mass is 184 g/mol. The lowest BCUT2D eigenvalue weighted by atomic mass is 9.99. The number of hydrogen-bond donors (Lipinski definition) is 1. The molecule has 0 aliphatic carbocycles. The first kappa shape index (κ1) is 9.59. The molecule has 12 heavy (non-hydrogen) atoms. The van der Waals surface area contributed by atoms with E-state index in [4.69, 9.17) is 0 Å². The van der Waals surface area contributed by atoms with Crippen LogP contribution >= 0.6 is 12.6 Å². The van der Waals surface area contributed by atoms with Gasteiger partial charge in [-0.3, -0.25) is 0 Å². The molecule has 2 heteroatoms. The van der Waals surface area contributed by atoms with Crippen molar-refractivity contribution in [3.05, 3.63) is 35.6 Å². The fourth-order valence-electron chi connectivity index (χ4n) is 1.21. The fourth-order valence-corrected chi connectivity index (χ4v) is 1.67. The number of benzene rings is 1. The Bertz CT molecular complexity index is 226. The van der Waals surface area contributed by atoms with Crippen molar-refractivity contribution >= 4 is 12.6 Å². The molecular formula is C10H13FS. The number of hydrogen-bond acceptors (Lipinski definition) is 1. The minimum absolute atomic E-state index is 0.173. The van der Waals surface area contributed by atoms with Crippen molar-refractivity contribution in [2.75, 3.05) is 5.75 Å². The van der Waals surface area contributed by atoms with E-state index in [9.17, 15) is 4.39 Å². The van der Waals surface area contributed by atoms with Crippen LogP contribution in [0.2, 0.25) is 0 Å². The van der Waals surface area contributed by atoms with Crippen LogP contribution in [0.3, 0.4) is 0 Å². The van der Waals surface area contributed by atoms with Crippen LogP contribution < -0.4 is 0 Å². The second-order valence-electron chi connectivity index (χ2n) is 2.84. The summed E-state index contributed by atoms with van der Waals surface area (Å²) in [4.78, 5) is 0. The van der Waals surface area contributed by atoms with E-state index in [1.165, 1.54) is 17.7 Å². The molecule has 0 aromatic heterocycles. The van der Waals surface area contributed by atoms with Crippen LogP contribution in [0.5, 0.6) is 0 Å². The maximum absolute atomic E-state index is 12.5. The Labute approximate surface area is 78.2 Å². The van der Waals surface area contributed by atoms with Crippen LogP contribution in [0.4, 0.5) is 4.39 Å². The van der Waals surface area contributed by atoms with Gasteiger partial charge in [-0.2, -0.15) is 12.6 Å². The van der Waals surface area contributed by atoms with Crippen LogP contribution in [0, 0.1) is 5.82 Å². The maximum Gasteiger partial charge on any atom is 0.123 e. The van der Waals surface area contributed by atoms with Gasteiger partial charge in [0.2, 0.25) is 0 Å². The average Bonchev–Trinajstić information content (AvgIpc) is 2.10. The molecule has 1 rings (SSSR count). The summed E-state index contributed by atoms with van der Waals surface area (Å²) in [6.45, 7) is 2.12. The van der Waals surface area contributed by atoms with Gasteiger partial charge in [0.15, 0.2) is 0 Å². The highest BCUT2D eigenvalue weighted by molar-refractivity contribution is 7.80. The summed E-state index contributed by atoms with van der Waals surface area (Å²) < 4.78 is 12.5. The largest absolute Gasteiger partial charge is 0.207 e. The van der Waals surface area contributed by atoms with Crippen LogP contribution in [0.25, 0.3) is 0 Å². The molecule has 1 unspecified atom stereocenters. The molecule has 0 fully saturated rings. The minimum Gasteiger partial charge on any atom is -0.207 e. The van der Waals surface area contributed by atoms with Gasteiger partial charge in [0.25, 0.3) is 0 Å². The van der Waals surface area contributed by atoms with Crippen LogP contribution in [0.15, 0.2) is 24.3 Å². The smallest absolute Gasteiger partial charge is 0.123 e. The number of rotatable bonds is 3. The second kappa shape index (κ2) is 4.51. The highest BCUT2D eigenvalue weighted by atomic mass is 32.1. The Morgan fingerprint density at radius 2 is 1.92 bits per heavy atom. The summed E-state index contributed by atoms with van der Waals surface area (Å²) in [6, 6.07) is 6.67. The summed E-state index contributed by atoms with van der Waals surface area (Å²) in [6.07, 6.45) is 1.05. The summed E-state index contributed by atoms with van der Waals surface area (Å²) in [7, 11) is 0. The van der Waals surface area contributed by atoms with Crippen molar-refractivity contribution in [3.8, 4) is 0 Å². The highest BCUT2D eigenvalue weighted by Gasteiger charge is 2.05. The minimum atomic E-state index is -0.173. The standard InChI is InChI=1S/C10H13FS/c1-2-8(7-12)9-3-5-10(11)6-4-9/h3-6,8,12H,2,7H2,1H3. The van der Waals surface area contributed by atoms with E-state index in [-0.39, 0.29) is 5.82 Å². The first-order valence-corrected chi connectivity index (χ1v) is 4.77. The van der Waals surface area contributed by atoms with Gasteiger partial charge in [0.05, 0.1) is 0 Å². The molecule has 0 aliphatic rings. The molecule has 0 aliphatic heterocycles. The second-order valence-corrected chi connectivity index (χ2v) is 3.20. The average molecular weight is 184 g/mol. The van der Waals surface area contributed by atoms with Gasteiger partial charge in [0, 0.05) is 0 Å². The Balaban J connectivity index is 2.80. The summed E-state index contributed by atoms with van der Waals surface area (Å²) >= 11 is 4.24. The Morgan fingerprint density at radius 3 is 2.33 bits per heavy atom. The summed E-state index contributed by atoms with van der Waals surface area (Å²) in [5, 5.41) is 0. The SMILES string of the molecule is CCC(CS)c1ccc(F)cc1. The number of thiol groups is 1. The van der Waals surface area contributed by atoms with Crippen molar-refractivity contribution < 1.29 is 4.39 Å². The Kier molecular flexibility index (Phi) is 3.60. The zero-order valence-electron chi connectivity index (χ0n) is 7.13. The van der Waals surface area contributed by atoms with E-state index in [2.05, 4.69) is 19.6 Å². The molecular weight excluding hydrogens is 171 g/mol. The number of halogens is 1. The van der Waals surface area contributed by atoms with E-state index in [1.807, 2.05) is 12.1 Å². The van der Waals surface area contributed by atoms with E-state index < -0.39 is 0 Å². The third-order valence-electron chi connectivity index (χ3n) is 2.05. The predicted octanol–water partition coefficient (Wildman–Crippen LogP) is 3.25. The van der Waals surface area contributed by atoms with Crippen molar-refractivity contribution in [1.29, 1.82) is 0 Å². The van der Waals surface area contributed by atoms with E-state index in [0.717, 1.165) is 12.2 Å². The predicted molar refractivity (Wildman–Crippen MR) is 53.3 cm³/mol. The summed E-state index contributed by atoms with van der Waals surface area (Å²) in [5.41, 5.74) is 1.17. The van der Waals surface area contributed by atoms with Gasteiger partial charge < -0.3 is 0 Å². The maximum atomic E-state index is 12.5. The topological polar surface area (TPSA) is 0 Å². The molecule has 0 spiro atoms. The zero-order chi connectivity index (χ0) is 8.97. The van der Waals surface area contributed by atoms with Crippen molar-refractivity contribution in [2.24, 2.45) is 0 Å². The van der Waals surface area contributed by atoms with E-state index >= 15 is 0 Å². The molecule has 0 saturated heterocycles. The highest BCUT2D eigenvalue weighted by Crippen LogP contribution is 2.20. The molecule has 1 aromatic carbocycles. The van der Waals surface area contributed by atoms with Gasteiger partial charge in [-0.05, 0) is 35.8 Å². The molecule has 0 N–H and O–H groups in total. The fraction of sp³-hybridized carbons (Fsp3) is 0.400. The third-order valence-corrected chi connectivity index (χ3v) is 2.50. The van der Waals surface area contributed by atoms with Crippen molar-refractivity contribution in [2.45, 2.75) is 19.3 Å². The first-order valence-electron chi connectivity index (χ1n) is 4.14. The van der Waals surface area contributed by atoms with E-state index in [0.29, 0.717) is 5.92 Å². The van der Waals surface area contributed by atoms with Gasteiger partial charge in [-0.15, -0.1) is 0 Å².